The molecule has 0 fully saturated rings. The van der Waals surface area contributed by atoms with Crippen molar-refractivity contribution < 1.29 is 19.1 Å². The van der Waals surface area contributed by atoms with Crippen molar-refractivity contribution in [2.75, 3.05) is 30.9 Å². The monoisotopic (exact) mass is 529 g/mol. The van der Waals surface area contributed by atoms with Crippen molar-refractivity contribution in [1.29, 1.82) is 0 Å². The van der Waals surface area contributed by atoms with Gasteiger partial charge in [-0.15, -0.1) is 0 Å². The molecule has 1 aliphatic heterocycles. The molecule has 38 heavy (non-hydrogen) atoms. The summed E-state index contributed by atoms with van der Waals surface area (Å²) >= 11 is 1.23. The van der Waals surface area contributed by atoms with E-state index < -0.39 is 0 Å². The van der Waals surface area contributed by atoms with E-state index in [9.17, 15) is 14.4 Å². The summed E-state index contributed by atoms with van der Waals surface area (Å²) in [5.41, 5.74) is 3.89. The molecule has 196 valence electrons. The molecule has 0 aromatic heterocycles. The first-order chi connectivity index (χ1) is 18.4. The molecule has 8 heteroatoms. The van der Waals surface area contributed by atoms with E-state index in [1.165, 1.54) is 16.7 Å². The highest BCUT2D eigenvalue weighted by atomic mass is 32.2. The number of nitrogens with zero attached hydrogens (tertiary/aromatic N) is 1. The lowest BCUT2D eigenvalue weighted by Gasteiger charge is -2.14. The predicted molar refractivity (Wildman–Crippen MR) is 151 cm³/mol. The van der Waals surface area contributed by atoms with Crippen LogP contribution in [0.15, 0.2) is 94.4 Å². The molecule has 7 nitrogen and oxygen atoms in total. The van der Waals surface area contributed by atoms with E-state index >= 15 is 0 Å². The Morgan fingerprint density at radius 2 is 1.58 bits per heavy atom. The number of hydrogen-bond donors (Lipinski definition) is 2. The largest absolute Gasteiger partial charge is 0.385 e. The van der Waals surface area contributed by atoms with Gasteiger partial charge in [0.15, 0.2) is 0 Å². The lowest BCUT2D eigenvalue weighted by atomic mass is 10.1. The molecular weight excluding hydrogens is 498 g/mol. The molecule has 3 aromatic carbocycles. The van der Waals surface area contributed by atoms with Crippen molar-refractivity contribution >= 4 is 40.9 Å². The molecule has 0 aliphatic carbocycles. The smallest absolute Gasteiger partial charge is 0.278 e. The van der Waals surface area contributed by atoms with Crippen LogP contribution in [0.4, 0.5) is 11.4 Å². The summed E-state index contributed by atoms with van der Waals surface area (Å²) in [6, 6.07) is 24.8. The molecule has 4 rings (SSSR count). The van der Waals surface area contributed by atoms with E-state index in [-0.39, 0.29) is 30.0 Å². The molecule has 0 unspecified atom stereocenters. The predicted octanol–water partition coefficient (Wildman–Crippen LogP) is 5.39. The van der Waals surface area contributed by atoms with Gasteiger partial charge in [-0.25, -0.2) is 0 Å². The van der Waals surface area contributed by atoms with Gasteiger partial charge in [0, 0.05) is 43.0 Å². The zero-order chi connectivity index (χ0) is 26.9. The maximum atomic E-state index is 13.3. The third-order valence-corrected chi connectivity index (χ3v) is 7.11. The normalized spacial score (nSPS) is 13.3. The fraction of sp³-hybridized carbons (Fsp3) is 0.233. The van der Waals surface area contributed by atoms with Crippen LogP contribution >= 0.6 is 11.8 Å². The van der Waals surface area contributed by atoms with Gasteiger partial charge in [-0.05, 0) is 61.7 Å². The Kier molecular flexibility index (Phi) is 9.35. The van der Waals surface area contributed by atoms with Crippen LogP contribution in [-0.2, 0) is 25.5 Å². The van der Waals surface area contributed by atoms with Gasteiger partial charge >= 0.3 is 0 Å². The van der Waals surface area contributed by atoms with Crippen LogP contribution in [0.2, 0.25) is 0 Å². The first-order valence-corrected chi connectivity index (χ1v) is 13.3. The molecule has 0 saturated heterocycles. The molecule has 0 radical (unpaired) electrons. The van der Waals surface area contributed by atoms with Crippen molar-refractivity contribution in [2.24, 2.45) is 0 Å². The van der Waals surface area contributed by atoms with Crippen LogP contribution < -0.4 is 10.6 Å². The number of amides is 3. The highest BCUT2D eigenvalue weighted by molar-refractivity contribution is 8.04. The Labute approximate surface area is 227 Å². The van der Waals surface area contributed by atoms with Crippen LogP contribution in [0.3, 0.4) is 0 Å². The minimum atomic E-state index is -0.350. The molecule has 2 N–H and O–H groups in total. The van der Waals surface area contributed by atoms with E-state index in [0.29, 0.717) is 36.5 Å². The Balaban J connectivity index is 1.45. The molecule has 1 heterocycles. The summed E-state index contributed by atoms with van der Waals surface area (Å²) in [4.78, 5) is 41.2. The second kappa shape index (κ2) is 13.1. The van der Waals surface area contributed by atoms with Gasteiger partial charge in [-0.2, -0.15) is 0 Å². The number of benzene rings is 3. The van der Waals surface area contributed by atoms with Crippen LogP contribution in [-0.4, -0.2) is 42.9 Å². The van der Waals surface area contributed by atoms with E-state index in [0.717, 1.165) is 21.7 Å². The summed E-state index contributed by atoms with van der Waals surface area (Å²) in [6.45, 7) is 2.73. The maximum absolute atomic E-state index is 13.3. The fourth-order valence-electron chi connectivity index (χ4n) is 3.96. The third-order valence-electron chi connectivity index (χ3n) is 6.02. The number of imide groups is 1. The van der Waals surface area contributed by atoms with E-state index in [1.807, 2.05) is 73.7 Å². The topological polar surface area (TPSA) is 87.7 Å². The lowest BCUT2D eigenvalue weighted by Crippen LogP contribution is -2.33. The van der Waals surface area contributed by atoms with Crippen molar-refractivity contribution in [3.8, 4) is 0 Å². The quantitative estimate of drug-likeness (QED) is 0.242. The molecule has 3 aromatic rings. The average Bonchev–Trinajstić information content (AvgIpc) is 3.14. The van der Waals surface area contributed by atoms with Gasteiger partial charge in [0.1, 0.15) is 10.6 Å². The number of nitrogens with one attached hydrogen (secondary N) is 2. The lowest BCUT2D eigenvalue weighted by molar-refractivity contribution is -0.137. The van der Waals surface area contributed by atoms with Crippen LogP contribution in [0.1, 0.15) is 24.0 Å². The molecule has 0 spiro atoms. The SMILES string of the molecule is COCCCN1C(=O)C(Nc2ccc(C)cc2)=C(Sc2ccc(NC(=O)CCc3ccccc3)cc2)C1=O. The minimum Gasteiger partial charge on any atom is -0.385 e. The number of anilines is 2. The third kappa shape index (κ3) is 7.12. The molecule has 3 amide bonds. The number of methoxy groups -OCH3 is 1. The highest BCUT2D eigenvalue weighted by Crippen LogP contribution is 2.36. The Morgan fingerprint density at radius 3 is 2.26 bits per heavy atom. The molecule has 1 aliphatic rings. The second-order valence-electron chi connectivity index (χ2n) is 8.96. The molecule has 0 atom stereocenters. The van der Waals surface area contributed by atoms with E-state index in [2.05, 4.69) is 10.6 Å². The highest BCUT2D eigenvalue weighted by Gasteiger charge is 2.38. The molecule has 0 bridgehead atoms. The number of aryl methyl sites for hydroxylation is 2. The van der Waals surface area contributed by atoms with Gasteiger partial charge in [-0.3, -0.25) is 19.3 Å². The minimum absolute atomic E-state index is 0.0650. The van der Waals surface area contributed by atoms with Gasteiger partial charge in [-0.1, -0.05) is 59.8 Å². The number of hydrogen-bond acceptors (Lipinski definition) is 6. The Bertz CT molecular complexity index is 1310. The first-order valence-electron chi connectivity index (χ1n) is 12.5. The van der Waals surface area contributed by atoms with Crippen LogP contribution in [0, 0.1) is 6.92 Å². The fourth-order valence-corrected chi connectivity index (χ4v) is 4.91. The average molecular weight is 530 g/mol. The van der Waals surface area contributed by atoms with Gasteiger partial charge in [0.05, 0.1) is 0 Å². The van der Waals surface area contributed by atoms with Crippen molar-refractivity contribution in [3.05, 3.63) is 101 Å². The van der Waals surface area contributed by atoms with Gasteiger partial charge in [0.2, 0.25) is 5.91 Å². The Hall–Kier alpha value is -3.88. The first kappa shape index (κ1) is 27.2. The summed E-state index contributed by atoms with van der Waals surface area (Å²) in [5.74, 6) is -0.745. The van der Waals surface area contributed by atoms with Gasteiger partial charge in [0.25, 0.3) is 11.8 Å². The number of ether oxygens (including phenoxy) is 1. The number of thioether (sulfide) groups is 1. The Morgan fingerprint density at radius 1 is 0.895 bits per heavy atom. The van der Waals surface area contributed by atoms with Crippen molar-refractivity contribution in [1.82, 2.24) is 4.90 Å². The zero-order valence-corrected chi connectivity index (χ0v) is 22.3. The molecule has 0 saturated carbocycles. The zero-order valence-electron chi connectivity index (χ0n) is 21.5. The number of carbonyl (C=O) groups is 3. The van der Waals surface area contributed by atoms with Gasteiger partial charge < -0.3 is 15.4 Å². The maximum Gasteiger partial charge on any atom is 0.278 e. The van der Waals surface area contributed by atoms with Crippen molar-refractivity contribution in [2.45, 2.75) is 31.1 Å². The number of carbonyl (C=O) groups excluding carboxylic acids is 3. The van der Waals surface area contributed by atoms with Crippen LogP contribution in [0.25, 0.3) is 0 Å². The summed E-state index contributed by atoms with van der Waals surface area (Å²) in [5, 5.41) is 6.08. The molecular formula is C30H31N3O4S. The van der Waals surface area contributed by atoms with E-state index in [1.54, 1.807) is 19.2 Å². The second-order valence-corrected chi connectivity index (χ2v) is 10.0. The summed E-state index contributed by atoms with van der Waals surface area (Å²) in [6.07, 6.45) is 1.61. The van der Waals surface area contributed by atoms with E-state index in [4.69, 9.17) is 4.74 Å². The summed E-state index contributed by atoms with van der Waals surface area (Å²) in [7, 11) is 1.59. The van der Waals surface area contributed by atoms with Crippen molar-refractivity contribution in [3.63, 3.8) is 0 Å². The standard InChI is InChI=1S/C30H31N3O4S/c1-21-9-12-24(13-10-21)32-27-28(30(36)33(29(27)35)19-6-20-37-2)38-25-16-14-23(15-17-25)31-26(34)18-11-22-7-4-3-5-8-22/h3-5,7-10,12-17,32H,6,11,18-20H2,1-2H3,(H,31,34). The number of rotatable bonds is 12. The summed E-state index contributed by atoms with van der Waals surface area (Å²) < 4.78 is 5.09. The van der Waals surface area contributed by atoms with Crippen LogP contribution in [0.5, 0.6) is 0 Å².